The summed E-state index contributed by atoms with van der Waals surface area (Å²) in [6, 6.07) is 9.74. The molecule has 5 heteroatoms. The zero-order valence-corrected chi connectivity index (χ0v) is 14.6. The van der Waals surface area contributed by atoms with Crippen molar-refractivity contribution >= 4 is 31.9 Å². The monoisotopic (exact) mass is 416 g/mol. The number of hydrogen-bond donors (Lipinski definition) is 1. The van der Waals surface area contributed by atoms with Crippen LogP contribution in [0.1, 0.15) is 30.6 Å². The molecule has 0 aliphatic carbocycles. The molecular weight excluding hydrogens is 403 g/mol. The highest BCUT2D eigenvalue weighted by Gasteiger charge is 2.14. The fourth-order valence-electron chi connectivity index (χ4n) is 1.94. The van der Waals surface area contributed by atoms with Crippen molar-refractivity contribution in [1.82, 2.24) is 0 Å². The van der Waals surface area contributed by atoms with E-state index in [4.69, 9.17) is 4.74 Å². The normalized spacial score (nSPS) is 12.2. The summed E-state index contributed by atoms with van der Waals surface area (Å²) in [7, 11) is 0. The Morgan fingerprint density at radius 1 is 1.14 bits per heavy atom. The molecule has 0 aliphatic rings. The van der Waals surface area contributed by atoms with Crippen molar-refractivity contribution < 1.29 is 14.2 Å². The number of ether oxygens (including phenoxy) is 1. The van der Waals surface area contributed by atoms with Crippen molar-refractivity contribution in [3.05, 3.63) is 62.3 Å². The number of benzene rings is 2. The molecule has 2 aromatic rings. The Hall–Kier alpha value is -0.910. The molecule has 0 spiro atoms. The fourth-order valence-corrected chi connectivity index (χ4v) is 2.94. The van der Waals surface area contributed by atoms with Gasteiger partial charge in [0.1, 0.15) is 17.7 Å². The Bertz CT molecular complexity index is 611. The standard InChI is InChI=1S/C16H15Br2FO2/c1-2-5-21-15-4-3-10(8-14(15)18)16(20)11-6-12(17)9-13(19)7-11/h3-4,6-9,16,20H,2,5H2,1H3. The third-order valence-corrected chi connectivity index (χ3v) is 4.01. The van der Waals surface area contributed by atoms with Gasteiger partial charge in [-0.05, 0) is 63.8 Å². The van der Waals surface area contributed by atoms with Crippen LogP contribution >= 0.6 is 31.9 Å². The summed E-state index contributed by atoms with van der Waals surface area (Å²) in [6.45, 7) is 2.67. The van der Waals surface area contributed by atoms with Crippen LogP contribution in [0.3, 0.4) is 0 Å². The Labute approximate surface area is 140 Å². The van der Waals surface area contributed by atoms with Crippen LogP contribution in [0.15, 0.2) is 45.3 Å². The zero-order chi connectivity index (χ0) is 15.4. The molecule has 2 rings (SSSR count). The van der Waals surface area contributed by atoms with Crippen LogP contribution in [0, 0.1) is 5.82 Å². The molecule has 0 aliphatic heterocycles. The Morgan fingerprint density at radius 3 is 2.52 bits per heavy atom. The van der Waals surface area contributed by atoms with E-state index in [0.29, 0.717) is 22.2 Å². The van der Waals surface area contributed by atoms with Crippen molar-refractivity contribution in [2.75, 3.05) is 6.61 Å². The second-order valence-electron chi connectivity index (χ2n) is 4.64. The second-order valence-corrected chi connectivity index (χ2v) is 6.41. The van der Waals surface area contributed by atoms with E-state index in [-0.39, 0.29) is 5.82 Å². The molecule has 0 heterocycles. The molecule has 2 aromatic carbocycles. The number of aliphatic hydroxyl groups excluding tert-OH is 1. The van der Waals surface area contributed by atoms with E-state index in [1.165, 1.54) is 12.1 Å². The summed E-state index contributed by atoms with van der Waals surface area (Å²) in [5, 5.41) is 10.4. The van der Waals surface area contributed by atoms with Gasteiger partial charge in [-0.2, -0.15) is 0 Å². The van der Waals surface area contributed by atoms with Crippen LogP contribution in [0.4, 0.5) is 4.39 Å². The summed E-state index contributed by atoms with van der Waals surface area (Å²) < 4.78 is 20.3. The second kappa shape index (κ2) is 7.38. The van der Waals surface area contributed by atoms with Crippen LogP contribution in [-0.2, 0) is 0 Å². The van der Waals surface area contributed by atoms with Gasteiger partial charge in [-0.15, -0.1) is 0 Å². The Balaban J connectivity index is 2.26. The first-order valence-electron chi connectivity index (χ1n) is 6.57. The van der Waals surface area contributed by atoms with Gasteiger partial charge in [-0.1, -0.05) is 28.9 Å². The molecular formula is C16H15Br2FO2. The van der Waals surface area contributed by atoms with Crippen molar-refractivity contribution in [1.29, 1.82) is 0 Å². The first-order valence-corrected chi connectivity index (χ1v) is 8.16. The quantitative estimate of drug-likeness (QED) is 0.722. The predicted octanol–water partition coefficient (Wildman–Crippen LogP) is 5.22. The molecule has 0 fully saturated rings. The van der Waals surface area contributed by atoms with Gasteiger partial charge in [-0.3, -0.25) is 0 Å². The summed E-state index contributed by atoms with van der Waals surface area (Å²) in [5.41, 5.74) is 1.17. The average molecular weight is 418 g/mol. The molecule has 21 heavy (non-hydrogen) atoms. The SMILES string of the molecule is CCCOc1ccc(C(O)c2cc(F)cc(Br)c2)cc1Br. The van der Waals surface area contributed by atoms with Gasteiger partial charge in [0.25, 0.3) is 0 Å². The molecule has 1 unspecified atom stereocenters. The van der Waals surface area contributed by atoms with Crippen molar-refractivity contribution in [3.63, 3.8) is 0 Å². The fraction of sp³-hybridized carbons (Fsp3) is 0.250. The number of hydrogen-bond acceptors (Lipinski definition) is 2. The van der Waals surface area contributed by atoms with Crippen molar-refractivity contribution in [3.8, 4) is 5.75 Å². The van der Waals surface area contributed by atoms with E-state index in [9.17, 15) is 9.50 Å². The molecule has 0 amide bonds. The maximum absolute atomic E-state index is 13.4. The maximum atomic E-state index is 13.4. The van der Waals surface area contributed by atoms with Gasteiger partial charge >= 0.3 is 0 Å². The molecule has 2 nitrogen and oxygen atoms in total. The summed E-state index contributed by atoms with van der Waals surface area (Å²) in [5.74, 6) is 0.341. The van der Waals surface area contributed by atoms with Gasteiger partial charge in [-0.25, -0.2) is 4.39 Å². The van der Waals surface area contributed by atoms with E-state index in [1.807, 2.05) is 6.92 Å². The molecule has 1 N–H and O–H groups in total. The highest BCUT2D eigenvalue weighted by atomic mass is 79.9. The number of halogens is 3. The zero-order valence-electron chi connectivity index (χ0n) is 11.4. The summed E-state index contributed by atoms with van der Waals surface area (Å²) in [6.07, 6.45) is 0.0299. The molecule has 0 aromatic heterocycles. The van der Waals surface area contributed by atoms with E-state index in [2.05, 4.69) is 31.9 Å². The largest absolute Gasteiger partial charge is 0.492 e. The van der Waals surface area contributed by atoms with Crippen LogP contribution < -0.4 is 4.74 Å². The van der Waals surface area contributed by atoms with Gasteiger partial charge in [0.15, 0.2) is 0 Å². The predicted molar refractivity (Wildman–Crippen MR) is 88.1 cm³/mol. The lowest BCUT2D eigenvalue weighted by atomic mass is 10.0. The maximum Gasteiger partial charge on any atom is 0.133 e. The first-order chi connectivity index (χ1) is 10.0. The van der Waals surface area contributed by atoms with E-state index >= 15 is 0 Å². The number of aliphatic hydroxyl groups is 1. The lowest BCUT2D eigenvalue weighted by molar-refractivity contribution is 0.219. The molecule has 0 radical (unpaired) electrons. The minimum Gasteiger partial charge on any atom is -0.492 e. The Kier molecular flexibility index (Phi) is 5.79. The van der Waals surface area contributed by atoms with Gasteiger partial charge in [0.2, 0.25) is 0 Å². The lowest BCUT2D eigenvalue weighted by Crippen LogP contribution is -2.02. The first kappa shape index (κ1) is 16.5. The summed E-state index contributed by atoms with van der Waals surface area (Å²) >= 11 is 6.66. The van der Waals surface area contributed by atoms with Crippen LogP contribution in [0.5, 0.6) is 5.75 Å². The topological polar surface area (TPSA) is 29.5 Å². The van der Waals surface area contributed by atoms with Crippen molar-refractivity contribution in [2.45, 2.75) is 19.4 Å². The molecule has 0 saturated carbocycles. The molecule has 0 saturated heterocycles. The minimum atomic E-state index is -0.895. The van der Waals surface area contributed by atoms with Crippen LogP contribution in [-0.4, -0.2) is 11.7 Å². The highest BCUT2D eigenvalue weighted by molar-refractivity contribution is 9.10. The third kappa shape index (κ3) is 4.28. The Morgan fingerprint density at radius 2 is 1.90 bits per heavy atom. The minimum absolute atomic E-state index is 0.389. The van der Waals surface area contributed by atoms with Gasteiger partial charge < -0.3 is 9.84 Å². The molecule has 112 valence electrons. The van der Waals surface area contributed by atoms with E-state index < -0.39 is 6.10 Å². The van der Waals surface area contributed by atoms with Crippen molar-refractivity contribution in [2.24, 2.45) is 0 Å². The van der Waals surface area contributed by atoms with Gasteiger partial charge in [0, 0.05) is 4.47 Å². The molecule has 0 bridgehead atoms. The lowest BCUT2D eigenvalue weighted by Gasteiger charge is -2.14. The van der Waals surface area contributed by atoms with Crippen LogP contribution in [0.2, 0.25) is 0 Å². The average Bonchev–Trinajstić information content (AvgIpc) is 2.44. The summed E-state index contributed by atoms with van der Waals surface area (Å²) in [4.78, 5) is 0. The van der Waals surface area contributed by atoms with Crippen LogP contribution in [0.25, 0.3) is 0 Å². The molecule has 1 atom stereocenters. The highest BCUT2D eigenvalue weighted by Crippen LogP contribution is 2.32. The van der Waals surface area contributed by atoms with E-state index in [1.54, 1.807) is 24.3 Å². The third-order valence-electron chi connectivity index (χ3n) is 2.93. The number of rotatable bonds is 5. The van der Waals surface area contributed by atoms with E-state index in [0.717, 1.165) is 16.6 Å². The smallest absolute Gasteiger partial charge is 0.133 e. The van der Waals surface area contributed by atoms with Gasteiger partial charge in [0.05, 0.1) is 11.1 Å².